The molecule has 1 aromatic rings. The van der Waals surface area contributed by atoms with E-state index in [0.29, 0.717) is 0 Å². The zero-order valence-electron chi connectivity index (χ0n) is 8.44. The van der Waals surface area contributed by atoms with Gasteiger partial charge >= 0.3 is 17.4 Å². The van der Waals surface area contributed by atoms with Crippen LogP contribution in [-0.4, -0.2) is 17.4 Å². The predicted molar refractivity (Wildman–Crippen MR) is 49.9 cm³/mol. The van der Waals surface area contributed by atoms with E-state index < -0.39 is 28.6 Å². The van der Waals surface area contributed by atoms with Crippen LogP contribution < -0.4 is 0 Å². The molecule has 1 aliphatic heterocycles. The molecule has 2 atom stereocenters. The van der Waals surface area contributed by atoms with Crippen LogP contribution in [0.4, 0.5) is 26.3 Å². The molecule has 0 N–H and O–H groups in total. The number of alkyl halides is 7. The summed E-state index contributed by atoms with van der Waals surface area (Å²) in [5.74, 6) is 0. The Hall–Kier alpha value is -0.950. The van der Waals surface area contributed by atoms with Crippen molar-refractivity contribution in [3.63, 3.8) is 0 Å². The maximum atomic E-state index is 13.7. The molecule has 0 unspecified atom stereocenters. The second-order valence-corrected chi connectivity index (χ2v) is 4.26. The highest BCUT2D eigenvalue weighted by Gasteiger charge is 2.90. The Balaban J connectivity index is 2.61. The quantitative estimate of drug-likeness (QED) is 0.562. The number of hydrogen-bond acceptors (Lipinski definition) is 1. The van der Waals surface area contributed by atoms with Gasteiger partial charge in [0.15, 0.2) is 0 Å². The summed E-state index contributed by atoms with van der Waals surface area (Å²) in [5.41, 5.74) is -4.69. The molecular weight excluding hydrogens is 286 g/mol. The van der Waals surface area contributed by atoms with Gasteiger partial charge in [-0.3, -0.25) is 4.74 Å². The van der Waals surface area contributed by atoms with Gasteiger partial charge in [-0.15, -0.1) is 0 Å². The number of rotatable bonds is 1. The molecular formula is C10H5ClF6O. The third-order valence-electron chi connectivity index (χ3n) is 2.67. The van der Waals surface area contributed by atoms with Crippen molar-refractivity contribution < 1.29 is 31.1 Å². The normalized spacial score (nSPS) is 35.1. The van der Waals surface area contributed by atoms with E-state index in [1.165, 1.54) is 6.07 Å². The Morgan fingerprint density at radius 1 is 1.00 bits per heavy atom. The van der Waals surface area contributed by atoms with Crippen molar-refractivity contribution in [3.8, 4) is 0 Å². The first-order chi connectivity index (χ1) is 8.06. The van der Waals surface area contributed by atoms with E-state index in [2.05, 4.69) is 4.74 Å². The highest BCUT2D eigenvalue weighted by Crippen LogP contribution is 2.68. The predicted octanol–water partition coefficient (Wildman–Crippen LogP) is 3.97. The van der Waals surface area contributed by atoms with Gasteiger partial charge in [-0.05, 0) is 5.56 Å². The second kappa shape index (κ2) is 3.54. The Bertz CT molecular complexity index is 457. The molecule has 1 nitrogen and oxygen atoms in total. The molecule has 1 aromatic carbocycles. The summed E-state index contributed by atoms with van der Waals surface area (Å²) >= 11 is 4.78. The van der Waals surface area contributed by atoms with Crippen LogP contribution in [0.1, 0.15) is 5.56 Å². The lowest BCUT2D eigenvalue weighted by Crippen LogP contribution is -2.76. The number of hydrogen-bond donors (Lipinski definition) is 0. The lowest BCUT2D eigenvalue weighted by Gasteiger charge is -2.54. The molecule has 0 saturated carbocycles. The van der Waals surface area contributed by atoms with E-state index in [1.807, 2.05) is 0 Å². The molecule has 0 aromatic heterocycles. The second-order valence-electron chi connectivity index (χ2n) is 3.74. The molecule has 0 bridgehead atoms. The molecule has 18 heavy (non-hydrogen) atoms. The lowest BCUT2D eigenvalue weighted by atomic mass is 9.82. The van der Waals surface area contributed by atoms with Gasteiger partial charge in [0.2, 0.25) is 0 Å². The average Bonchev–Trinajstić information content (AvgIpc) is 2.25. The van der Waals surface area contributed by atoms with Gasteiger partial charge in [-0.1, -0.05) is 41.9 Å². The maximum Gasteiger partial charge on any atom is 0.426 e. The lowest BCUT2D eigenvalue weighted by molar-refractivity contribution is -0.514. The van der Waals surface area contributed by atoms with E-state index in [1.54, 1.807) is 0 Å². The van der Waals surface area contributed by atoms with Gasteiger partial charge in [-0.25, -0.2) is 4.39 Å². The molecule has 2 rings (SSSR count). The van der Waals surface area contributed by atoms with E-state index in [4.69, 9.17) is 11.6 Å². The summed E-state index contributed by atoms with van der Waals surface area (Å²) in [4.78, 5) is 0. The minimum Gasteiger partial charge on any atom is -0.290 e. The summed E-state index contributed by atoms with van der Waals surface area (Å²) in [6.45, 7) is 0. The number of ether oxygens (including phenoxy) is 1. The largest absolute Gasteiger partial charge is 0.426 e. The number of benzene rings is 1. The Labute approximate surface area is 102 Å². The van der Waals surface area contributed by atoms with Crippen molar-refractivity contribution in [3.05, 3.63) is 35.9 Å². The van der Waals surface area contributed by atoms with Crippen LogP contribution in [0.3, 0.4) is 0 Å². The smallest absolute Gasteiger partial charge is 0.290 e. The molecule has 8 heteroatoms. The zero-order chi connectivity index (χ0) is 13.8. The monoisotopic (exact) mass is 290 g/mol. The third kappa shape index (κ3) is 1.40. The van der Waals surface area contributed by atoms with Gasteiger partial charge in [0.05, 0.1) is 0 Å². The van der Waals surface area contributed by atoms with Crippen LogP contribution in [0, 0.1) is 0 Å². The van der Waals surface area contributed by atoms with Gasteiger partial charge < -0.3 is 0 Å². The van der Waals surface area contributed by atoms with E-state index in [0.717, 1.165) is 24.3 Å². The molecule has 0 radical (unpaired) electrons. The molecule has 1 aliphatic rings. The van der Waals surface area contributed by atoms with Crippen LogP contribution in [-0.2, 0) is 10.3 Å². The average molecular weight is 291 g/mol. The summed E-state index contributed by atoms with van der Waals surface area (Å²) in [6.07, 6.45) is -10.1. The van der Waals surface area contributed by atoms with Crippen molar-refractivity contribution >= 4 is 11.6 Å². The fourth-order valence-corrected chi connectivity index (χ4v) is 2.09. The van der Waals surface area contributed by atoms with Crippen molar-refractivity contribution in [1.29, 1.82) is 0 Å². The summed E-state index contributed by atoms with van der Waals surface area (Å²) in [5, 5.41) is -4.39. The Kier molecular flexibility index (Phi) is 2.65. The SMILES string of the molecule is FC1(F)O[C@](c2ccccc2)(C(F)(F)F)[C@@]1(F)Cl. The summed E-state index contributed by atoms with van der Waals surface area (Å²) in [7, 11) is 0. The van der Waals surface area contributed by atoms with Gasteiger partial charge in [0.25, 0.3) is 5.60 Å². The van der Waals surface area contributed by atoms with E-state index in [9.17, 15) is 26.3 Å². The van der Waals surface area contributed by atoms with Gasteiger partial charge in [0.1, 0.15) is 0 Å². The van der Waals surface area contributed by atoms with Crippen LogP contribution in [0.2, 0.25) is 0 Å². The fraction of sp³-hybridized carbons (Fsp3) is 0.400. The summed E-state index contributed by atoms with van der Waals surface area (Å²) < 4.78 is 81.5. The van der Waals surface area contributed by atoms with Crippen molar-refractivity contribution in [2.45, 2.75) is 23.0 Å². The fourth-order valence-electron chi connectivity index (χ4n) is 1.79. The van der Waals surface area contributed by atoms with Crippen LogP contribution in [0.15, 0.2) is 30.3 Å². The summed E-state index contributed by atoms with van der Waals surface area (Å²) in [6, 6.07) is 5.25. The highest BCUT2D eigenvalue weighted by atomic mass is 35.5. The Morgan fingerprint density at radius 3 is 1.83 bits per heavy atom. The molecule has 1 saturated heterocycles. The van der Waals surface area contributed by atoms with Crippen LogP contribution in [0.5, 0.6) is 0 Å². The van der Waals surface area contributed by atoms with E-state index >= 15 is 0 Å². The first-order valence-electron chi connectivity index (χ1n) is 4.64. The molecule has 100 valence electrons. The van der Waals surface area contributed by atoms with Crippen molar-refractivity contribution in [2.75, 3.05) is 0 Å². The minimum absolute atomic E-state index is 0.819. The topological polar surface area (TPSA) is 9.23 Å². The van der Waals surface area contributed by atoms with Crippen LogP contribution >= 0.6 is 11.6 Å². The standard InChI is InChI=1S/C10H5ClF6O/c11-8(12)7(9(13,14)15,18-10(8,16)17)6-4-2-1-3-5-6/h1-5H/t7-,8-/m0/s1. The van der Waals surface area contributed by atoms with Gasteiger partial charge in [-0.2, -0.15) is 22.0 Å². The van der Waals surface area contributed by atoms with Crippen molar-refractivity contribution in [1.82, 2.24) is 0 Å². The maximum absolute atomic E-state index is 13.7. The molecule has 0 amide bonds. The first kappa shape index (κ1) is 13.5. The Morgan fingerprint density at radius 2 is 1.50 bits per heavy atom. The molecule has 0 aliphatic carbocycles. The molecule has 1 fully saturated rings. The third-order valence-corrected chi connectivity index (χ3v) is 3.15. The highest BCUT2D eigenvalue weighted by molar-refractivity contribution is 6.25. The molecule has 0 spiro atoms. The number of halogens is 7. The van der Waals surface area contributed by atoms with Crippen LogP contribution in [0.25, 0.3) is 0 Å². The van der Waals surface area contributed by atoms with E-state index in [-0.39, 0.29) is 0 Å². The molecule has 1 heterocycles. The van der Waals surface area contributed by atoms with Crippen molar-refractivity contribution in [2.24, 2.45) is 0 Å². The minimum atomic E-state index is -5.42. The zero-order valence-corrected chi connectivity index (χ0v) is 9.20. The first-order valence-corrected chi connectivity index (χ1v) is 5.02. The van der Waals surface area contributed by atoms with Gasteiger partial charge in [0, 0.05) is 0 Å².